The van der Waals surface area contributed by atoms with E-state index in [0.717, 1.165) is 5.56 Å². The van der Waals surface area contributed by atoms with Crippen LogP contribution >= 0.6 is 0 Å². The summed E-state index contributed by atoms with van der Waals surface area (Å²) in [6.07, 6.45) is 1.21. The van der Waals surface area contributed by atoms with Crippen molar-refractivity contribution >= 4 is 5.97 Å². The number of fused-ring (bicyclic) bond motifs is 1. The fourth-order valence-corrected chi connectivity index (χ4v) is 3.86. The summed E-state index contributed by atoms with van der Waals surface area (Å²) in [6, 6.07) is 6.02. The summed E-state index contributed by atoms with van der Waals surface area (Å²) in [5.41, 5.74) is 0.952. The summed E-state index contributed by atoms with van der Waals surface area (Å²) in [7, 11) is 0. The molecule has 0 unspecified atom stereocenters. The molecule has 30 heavy (non-hydrogen) atoms. The maximum absolute atomic E-state index is 15.1. The molecule has 0 atom stereocenters. The molecule has 0 radical (unpaired) electrons. The van der Waals surface area contributed by atoms with Crippen molar-refractivity contribution in [1.82, 2.24) is 0 Å². The molecule has 162 valence electrons. The van der Waals surface area contributed by atoms with E-state index in [-0.39, 0.29) is 24.6 Å². The van der Waals surface area contributed by atoms with Gasteiger partial charge in [0.1, 0.15) is 23.8 Å². The summed E-state index contributed by atoms with van der Waals surface area (Å²) in [5, 5.41) is 9.38. The molecule has 1 N–H and O–H groups in total. The molecule has 0 spiro atoms. The smallest absolute Gasteiger partial charge is 0.309 e. The second kappa shape index (κ2) is 7.89. The predicted octanol–water partition coefficient (Wildman–Crippen LogP) is 5.47. The van der Waals surface area contributed by atoms with Gasteiger partial charge >= 0.3 is 5.97 Å². The quantitative estimate of drug-likeness (QED) is 0.648. The molecule has 0 saturated carbocycles. The zero-order chi connectivity index (χ0) is 22.3. The third kappa shape index (κ3) is 4.42. The second-order valence-corrected chi connectivity index (χ2v) is 9.12. The van der Waals surface area contributed by atoms with Crippen molar-refractivity contribution in [3.63, 3.8) is 0 Å². The van der Waals surface area contributed by atoms with Crippen LogP contribution in [-0.2, 0) is 30.7 Å². The Morgan fingerprint density at radius 3 is 2.57 bits per heavy atom. The highest BCUT2D eigenvalue weighted by molar-refractivity contribution is 5.74. The lowest BCUT2D eigenvalue weighted by atomic mass is 9.83. The molecule has 6 heteroatoms. The van der Waals surface area contributed by atoms with Crippen molar-refractivity contribution in [3.8, 4) is 11.5 Å². The highest BCUT2D eigenvalue weighted by Crippen LogP contribution is 2.39. The van der Waals surface area contributed by atoms with E-state index >= 15 is 4.39 Å². The van der Waals surface area contributed by atoms with E-state index in [1.807, 2.05) is 20.8 Å². The standard InChI is InChI=1S/C24H28F2O4/c1-6-18-14(11-23(2,3)22(27)28)7-8-19(20(18)26)29-13-16-10-17(25)9-15-12-24(4,5)30-21(15)16/h7-10H,6,11-13H2,1-5H3,(H,27,28). The first-order chi connectivity index (χ1) is 13.9. The molecular weight excluding hydrogens is 390 g/mol. The maximum atomic E-state index is 15.1. The lowest BCUT2D eigenvalue weighted by molar-refractivity contribution is -0.146. The van der Waals surface area contributed by atoms with Crippen LogP contribution in [0.4, 0.5) is 8.78 Å². The Morgan fingerprint density at radius 1 is 1.23 bits per heavy atom. The van der Waals surface area contributed by atoms with Gasteiger partial charge in [0.2, 0.25) is 0 Å². The van der Waals surface area contributed by atoms with Crippen LogP contribution in [0.15, 0.2) is 24.3 Å². The Hall–Kier alpha value is -2.63. The third-order valence-corrected chi connectivity index (χ3v) is 5.45. The van der Waals surface area contributed by atoms with Gasteiger partial charge in [0.25, 0.3) is 0 Å². The van der Waals surface area contributed by atoms with Crippen molar-refractivity contribution in [3.05, 3.63) is 58.2 Å². The molecule has 0 aliphatic carbocycles. The Bertz CT molecular complexity index is 980. The third-order valence-electron chi connectivity index (χ3n) is 5.45. The van der Waals surface area contributed by atoms with Crippen LogP contribution in [0.2, 0.25) is 0 Å². The molecule has 0 saturated heterocycles. The Kier molecular flexibility index (Phi) is 5.81. The molecule has 0 fully saturated rings. The molecule has 1 heterocycles. The van der Waals surface area contributed by atoms with Gasteiger partial charge in [-0.25, -0.2) is 8.78 Å². The Morgan fingerprint density at radius 2 is 1.93 bits per heavy atom. The lowest BCUT2D eigenvalue weighted by Gasteiger charge is -2.22. The van der Waals surface area contributed by atoms with E-state index in [1.54, 1.807) is 19.9 Å². The minimum atomic E-state index is -1.01. The van der Waals surface area contributed by atoms with Gasteiger partial charge in [0.15, 0.2) is 11.6 Å². The van der Waals surface area contributed by atoms with Gasteiger partial charge in [-0.05, 0) is 69.9 Å². The zero-order valence-electron chi connectivity index (χ0n) is 18.1. The second-order valence-electron chi connectivity index (χ2n) is 9.12. The minimum Gasteiger partial charge on any atom is -0.487 e. The van der Waals surface area contributed by atoms with Gasteiger partial charge < -0.3 is 14.6 Å². The largest absolute Gasteiger partial charge is 0.487 e. The SMILES string of the molecule is CCc1c(CC(C)(C)C(=O)O)ccc(OCc2cc(F)cc3c2OC(C)(C)C3)c1F. The molecule has 1 aliphatic rings. The van der Waals surface area contributed by atoms with E-state index in [9.17, 15) is 14.3 Å². The first kappa shape index (κ1) is 22.1. The Balaban J connectivity index is 1.85. The fraction of sp³-hybridized carbons (Fsp3) is 0.458. The van der Waals surface area contributed by atoms with Crippen LogP contribution in [0, 0.1) is 17.0 Å². The lowest BCUT2D eigenvalue weighted by Crippen LogP contribution is -2.26. The number of carbonyl (C=O) groups is 1. The van der Waals surface area contributed by atoms with Crippen molar-refractivity contribution in [1.29, 1.82) is 0 Å². The van der Waals surface area contributed by atoms with Crippen LogP contribution in [0.25, 0.3) is 0 Å². The topological polar surface area (TPSA) is 55.8 Å². The van der Waals surface area contributed by atoms with Gasteiger partial charge in [-0.1, -0.05) is 13.0 Å². The summed E-state index contributed by atoms with van der Waals surface area (Å²) >= 11 is 0. The number of hydrogen-bond acceptors (Lipinski definition) is 3. The molecule has 0 bridgehead atoms. The molecule has 0 amide bonds. The zero-order valence-corrected chi connectivity index (χ0v) is 18.1. The number of rotatable bonds is 7. The van der Waals surface area contributed by atoms with Crippen molar-refractivity contribution in [2.75, 3.05) is 0 Å². The average Bonchev–Trinajstić information content (AvgIpc) is 2.94. The number of halogens is 2. The molecule has 2 aromatic carbocycles. The molecule has 0 aromatic heterocycles. The van der Waals surface area contributed by atoms with Gasteiger partial charge in [0.05, 0.1) is 5.41 Å². The number of hydrogen-bond donors (Lipinski definition) is 1. The van der Waals surface area contributed by atoms with Crippen LogP contribution in [-0.4, -0.2) is 16.7 Å². The van der Waals surface area contributed by atoms with E-state index in [2.05, 4.69) is 0 Å². The summed E-state index contributed by atoms with van der Waals surface area (Å²) in [4.78, 5) is 11.4. The molecular formula is C24H28F2O4. The van der Waals surface area contributed by atoms with E-state index in [1.165, 1.54) is 18.2 Å². The minimum absolute atomic E-state index is 0.0315. The number of ether oxygens (including phenoxy) is 2. The number of carboxylic acids is 1. The van der Waals surface area contributed by atoms with Gasteiger partial charge in [-0.2, -0.15) is 0 Å². The van der Waals surface area contributed by atoms with Crippen LogP contribution in [0.1, 0.15) is 56.9 Å². The molecule has 2 aromatic rings. The number of carboxylic acid groups (broad SMARTS) is 1. The fourth-order valence-electron chi connectivity index (χ4n) is 3.86. The van der Waals surface area contributed by atoms with Gasteiger partial charge in [-0.3, -0.25) is 4.79 Å². The normalized spacial score (nSPS) is 14.9. The maximum Gasteiger partial charge on any atom is 0.309 e. The van der Waals surface area contributed by atoms with Crippen LogP contribution < -0.4 is 9.47 Å². The molecule has 3 rings (SSSR count). The number of benzene rings is 2. The van der Waals surface area contributed by atoms with Crippen molar-refractivity contribution in [2.24, 2.45) is 5.41 Å². The molecule has 1 aliphatic heterocycles. The summed E-state index contributed by atoms with van der Waals surface area (Å²) in [6.45, 7) is 8.87. The van der Waals surface area contributed by atoms with E-state index < -0.39 is 22.8 Å². The first-order valence-electron chi connectivity index (χ1n) is 10.1. The van der Waals surface area contributed by atoms with Crippen LogP contribution in [0.5, 0.6) is 11.5 Å². The highest BCUT2D eigenvalue weighted by Gasteiger charge is 2.33. The Labute approximate surface area is 175 Å². The van der Waals surface area contributed by atoms with Gasteiger partial charge in [-0.15, -0.1) is 0 Å². The first-order valence-corrected chi connectivity index (χ1v) is 10.1. The monoisotopic (exact) mass is 418 g/mol. The summed E-state index contributed by atoms with van der Waals surface area (Å²) in [5.74, 6) is -1.18. The van der Waals surface area contributed by atoms with Gasteiger partial charge in [0, 0.05) is 17.5 Å². The average molecular weight is 418 g/mol. The molecule has 4 nitrogen and oxygen atoms in total. The van der Waals surface area contributed by atoms with E-state index in [4.69, 9.17) is 9.47 Å². The van der Waals surface area contributed by atoms with Crippen LogP contribution in [0.3, 0.4) is 0 Å². The highest BCUT2D eigenvalue weighted by atomic mass is 19.1. The summed E-state index contributed by atoms with van der Waals surface area (Å²) < 4.78 is 40.8. The van der Waals surface area contributed by atoms with Crippen molar-refractivity contribution < 1.29 is 28.2 Å². The number of aliphatic carboxylic acids is 1. The van der Waals surface area contributed by atoms with Crippen molar-refractivity contribution in [2.45, 2.75) is 66.1 Å². The predicted molar refractivity (Wildman–Crippen MR) is 110 cm³/mol. The van der Waals surface area contributed by atoms with E-state index in [0.29, 0.717) is 35.3 Å².